The predicted octanol–water partition coefficient (Wildman–Crippen LogP) is 3.84. The molecular weight excluding hydrogens is 352 g/mol. The highest BCUT2D eigenvalue weighted by Crippen LogP contribution is 2.52. The minimum atomic E-state index is -0.767. The lowest BCUT2D eigenvalue weighted by atomic mass is 9.84. The van der Waals surface area contributed by atoms with Crippen molar-refractivity contribution in [2.24, 2.45) is 17.8 Å². The van der Waals surface area contributed by atoms with Crippen molar-refractivity contribution in [2.75, 3.05) is 0 Å². The fourth-order valence-electron chi connectivity index (χ4n) is 5.76. The minimum absolute atomic E-state index is 0.0955. The standard InChI is InChI=1S/C24H32O4/c25-22(16-4-2-1-3-5-16)10-9-18-20-13-17-8-6-15(7-11-24(27)28)12-19(17)21(20)14-23(18)26/h6,8-10,12,16,18,20-23,25-26H,1-5,7,11,13-14H2,(H,27,28)/b10-9-/t18-,20-,21-,22-,23-/m1/s1. The summed E-state index contributed by atoms with van der Waals surface area (Å²) in [4.78, 5) is 10.9. The van der Waals surface area contributed by atoms with E-state index in [1.807, 2.05) is 6.08 Å². The van der Waals surface area contributed by atoms with E-state index in [0.717, 1.165) is 31.2 Å². The number of benzene rings is 1. The Balaban J connectivity index is 1.44. The van der Waals surface area contributed by atoms with Crippen molar-refractivity contribution in [3.8, 4) is 0 Å². The van der Waals surface area contributed by atoms with E-state index >= 15 is 0 Å². The van der Waals surface area contributed by atoms with Gasteiger partial charge in [-0.25, -0.2) is 0 Å². The van der Waals surface area contributed by atoms with Crippen molar-refractivity contribution in [1.82, 2.24) is 0 Å². The average molecular weight is 385 g/mol. The summed E-state index contributed by atoms with van der Waals surface area (Å²) in [6.07, 6.45) is 11.6. The van der Waals surface area contributed by atoms with Gasteiger partial charge in [0.05, 0.1) is 12.2 Å². The maximum Gasteiger partial charge on any atom is 0.303 e. The molecule has 152 valence electrons. The Labute approximate surface area is 167 Å². The zero-order valence-corrected chi connectivity index (χ0v) is 16.5. The molecule has 5 atom stereocenters. The number of aryl methyl sites for hydroxylation is 1. The number of aliphatic carboxylic acids is 1. The molecule has 28 heavy (non-hydrogen) atoms. The van der Waals surface area contributed by atoms with Crippen LogP contribution >= 0.6 is 0 Å². The zero-order chi connectivity index (χ0) is 19.7. The molecule has 4 heteroatoms. The Morgan fingerprint density at radius 3 is 2.75 bits per heavy atom. The van der Waals surface area contributed by atoms with Crippen LogP contribution in [0.25, 0.3) is 0 Å². The van der Waals surface area contributed by atoms with Crippen LogP contribution in [0.1, 0.15) is 67.6 Å². The Kier molecular flexibility index (Phi) is 5.88. The van der Waals surface area contributed by atoms with Crippen molar-refractivity contribution in [1.29, 1.82) is 0 Å². The van der Waals surface area contributed by atoms with Crippen molar-refractivity contribution in [2.45, 2.75) is 75.9 Å². The van der Waals surface area contributed by atoms with Crippen LogP contribution in [0, 0.1) is 17.8 Å². The van der Waals surface area contributed by atoms with Gasteiger partial charge in [0.15, 0.2) is 0 Å². The van der Waals surface area contributed by atoms with E-state index in [2.05, 4.69) is 24.3 Å². The Bertz CT molecular complexity index is 734. The first-order chi connectivity index (χ1) is 13.5. The largest absolute Gasteiger partial charge is 0.481 e. The lowest BCUT2D eigenvalue weighted by Crippen LogP contribution is -2.22. The number of carboxylic acid groups (broad SMARTS) is 1. The molecule has 3 N–H and O–H groups in total. The van der Waals surface area contributed by atoms with E-state index < -0.39 is 12.1 Å². The number of carboxylic acids is 1. The minimum Gasteiger partial charge on any atom is -0.481 e. The lowest BCUT2D eigenvalue weighted by molar-refractivity contribution is -0.136. The van der Waals surface area contributed by atoms with Crippen molar-refractivity contribution >= 4 is 5.97 Å². The molecule has 4 rings (SSSR count). The maximum absolute atomic E-state index is 10.9. The van der Waals surface area contributed by atoms with Crippen LogP contribution in [0.4, 0.5) is 0 Å². The van der Waals surface area contributed by atoms with Gasteiger partial charge in [-0.3, -0.25) is 4.79 Å². The molecule has 2 fully saturated rings. The number of aliphatic hydroxyl groups is 2. The first kappa shape index (κ1) is 19.7. The van der Waals surface area contributed by atoms with E-state index in [-0.39, 0.29) is 18.4 Å². The number of hydrogen-bond donors (Lipinski definition) is 3. The third kappa shape index (κ3) is 4.04. The monoisotopic (exact) mass is 384 g/mol. The average Bonchev–Trinajstić information content (AvgIpc) is 3.19. The molecule has 0 heterocycles. The molecule has 0 spiro atoms. The van der Waals surface area contributed by atoms with Crippen molar-refractivity contribution in [3.63, 3.8) is 0 Å². The second-order valence-electron chi connectivity index (χ2n) is 9.06. The molecule has 0 amide bonds. The van der Waals surface area contributed by atoms with Crippen LogP contribution in [-0.2, 0) is 17.6 Å². The number of fused-ring (bicyclic) bond motifs is 3. The van der Waals surface area contributed by atoms with Gasteiger partial charge in [-0.2, -0.15) is 0 Å². The van der Waals surface area contributed by atoms with Crippen LogP contribution in [0.3, 0.4) is 0 Å². The molecular formula is C24H32O4. The van der Waals surface area contributed by atoms with Gasteiger partial charge in [0.25, 0.3) is 0 Å². The SMILES string of the molecule is O=C(O)CCc1ccc2c(c1)[C@H]1C[C@@H](O)[C@H](/C=C\[C@@H](O)C3CCCCC3)[C@H]1C2. The quantitative estimate of drug-likeness (QED) is 0.651. The molecule has 0 aliphatic heterocycles. The van der Waals surface area contributed by atoms with Crippen LogP contribution < -0.4 is 0 Å². The van der Waals surface area contributed by atoms with E-state index in [9.17, 15) is 15.0 Å². The van der Waals surface area contributed by atoms with E-state index in [0.29, 0.717) is 24.2 Å². The molecule has 0 bridgehead atoms. The summed E-state index contributed by atoms with van der Waals surface area (Å²) in [7, 11) is 0. The molecule has 0 radical (unpaired) electrons. The van der Waals surface area contributed by atoms with Crippen LogP contribution in [-0.4, -0.2) is 33.5 Å². The Hall–Kier alpha value is -1.65. The second-order valence-corrected chi connectivity index (χ2v) is 9.06. The first-order valence-electron chi connectivity index (χ1n) is 10.9. The molecule has 0 saturated heterocycles. The summed E-state index contributed by atoms with van der Waals surface area (Å²) in [5, 5.41) is 30.2. The smallest absolute Gasteiger partial charge is 0.303 e. The molecule has 1 aromatic carbocycles. The normalized spacial score (nSPS) is 31.1. The molecule has 4 nitrogen and oxygen atoms in total. The molecule has 0 unspecified atom stereocenters. The Morgan fingerprint density at radius 1 is 1.21 bits per heavy atom. The molecule has 2 saturated carbocycles. The maximum atomic E-state index is 10.9. The predicted molar refractivity (Wildman–Crippen MR) is 108 cm³/mol. The van der Waals surface area contributed by atoms with Crippen LogP contribution in [0.5, 0.6) is 0 Å². The summed E-state index contributed by atoms with van der Waals surface area (Å²) < 4.78 is 0. The number of aliphatic hydroxyl groups excluding tert-OH is 2. The third-order valence-electron chi connectivity index (χ3n) is 7.31. The van der Waals surface area contributed by atoms with Gasteiger partial charge in [0.2, 0.25) is 0 Å². The van der Waals surface area contributed by atoms with Gasteiger partial charge in [-0.1, -0.05) is 49.6 Å². The van der Waals surface area contributed by atoms with Gasteiger partial charge in [-0.05, 0) is 66.5 Å². The highest BCUT2D eigenvalue weighted by atomic mass is 16.4. The van der Waals surface area contributed by atoms with Crippen LogP contribution in [0.15, 0.2) is 30.4 Å². The van der Waals surface area contributed by atoms with Gasteiger partial charge in [-0.15, -0.1) is 0 Å². The highest BCUT2D eigenvalue weighted by Gasteiger charge is 2.46. The fourth-order valence-corrected chi connectivity index (χ4v) is 5.76. The summed E-state index contributed by atoms with van der Waals surface area (Å²) in [6, 6.07) is 6.37. The summed E-state index contributed by atoms with van der Waals surface area (Å²) >= 11 is 0. The van der Waals surface area contributed by atoms with Gasteiger partial charge < -0.3 is 15.3 Å². The second kappa shape index (κ2) is 8.38. The third-order valence-corrected chi connectivity index (χ3v) is 7.31. The molecule has 0 aromatic heterocycles. The van der Waals surface area contributed by atoms with E-state index in [1.54, 1.807) is 0 Å². The molecule has 3 aliphatic carbocycles. The molecule has 3 aliphatic rings. The first-order valence-corrected chi connectivity index (χ1v) is 10.9. The van der Waals surface area contributed by atoms with Crippen molar-refractivity contribution < 1.29 is 20.1 Å². The highest BCUT2D eigenvalue weighted by molar-refractivity contribution is 5.67. The van der Waals surface area contributed by atoms with Gasteiger partial charge in [0, 0.05) is 12.3 Å². The zero-order valence-electron chi connectivity index (χ0n) is 16.5. The molecule has 1 aromatic rings. The van der Waals surface area contributed by atoms with Gasteiger partial charge in [0.1, 0.15) is 0 Å². The van der Waals surface area contributed by atoms with Crippen molar-refractivity contribution in [3.05, 3.63) is 47.0 Å². The lowest BCUT2D eigenvalue weighted by Gasteiger charge is -2.25. The topological polar surface area (TPSA) is 77.8 Å². The summed E-state index contributed by atoms with van der Waals surface area (Å²) in [6.45, 7) is 0. The van der Waals surface area contributed by atoms with E-state index in [1.165, 1.54) is 30.4 Å². The summed E-state index contributed by atoms with van der Waals surface area (Å²) in [5.41, 5.74) is 3.71. The summed E-state index contributed by atoms with van der Waals surface area (Å²) in [5.74, 6) is 0.428. The van der Waals surface area contributed by atoms with E-state index in [4.69, 9.17) is 5.11 Å². The van der Waals surface area contributed by atoms with Crippen LogP contribution in [0.2, 0.25) is 0 Å². The number of carbonyl (C=O) groups is 1. The number of rotatable bonds is 6. The number of hydrogen-bond acceptors (Lipinski definition) is 3. The van der Waals surface area contributed by atoms with Gasteiger partial charge >= 0.3 is 5.97 Å². The fraction of sp³-hybridized carbons (Fsp3) is 0.625. The Morgan fingerprint density at radius 2 is 2.00 bits per heavy atom.